The molecule has 0 spiro atoms. The summed E-state index contributed by atoms with van der Waals surface area (Å²) in [5, 5.41) is 0. The lowest BCUT2D eigenvalue weighted by molar-refractivity contribution is 0.475. The molecule has 0 aliphatic rings. The lowest BCUT2D eigenvalue weighted by Gasteiger charge is -2.13. The highest BCUT2D eigenvalue weighted by Gasteiger charge is 2.09. The molecular formula is C16H16Br2O. The summed E-state index contributed by atoms with van der Waals surface area (Å²) in [6, 6.07) is 8.28. The van der Waals surface area contributed by atoms with Crippen LogP contribution in [0.1, 0.15) is 22.3 Å². The average molecular weight is 384 g/mol. The van der Waals surface area contributed by atoms with Crippen LogP contribution in [0, 0.1) is 27.7 Å². The molecule has 2 aromatic carbocycles. The minimum absolute atomic E-state index is 0.840. The number of aryl methyl sites for hydroxylation is 4. The monoisotopic (exact) mass is 382 g/mol. The standard InChI is InChI=1S/C16H16Br2O/c1-9-5-13(17)15(7-11(9)3)19-16-8-12(4)10(2)6-14(16)18/h5-8H,1-4H3. The van der Waals surface area contributed by atoms with Gasteiger partial charge in [-0.05, 0) is 106 Å². The highest BCUT2D eigenvalue weighted by molar-refractivity contribution is 9.11. The molecule has 0 aromatic heterocycles. The average Bonchev–Trinajstić information content (AvgIpc) is 2.32. The van der Waals surface area contributed by atoms with E-state index < -0.39 is 0 Å². The number of hydrogen-bond donors (Lipinski definition) is 0. The summed E-state index contributed by atoms with van der Waals surface area (Å²) in [5.41, 5.74) is 4.94. The molecule has 0 saturated carbocycles. The van der Waals surface area contributed by atoms with E-state index in [9.17, 15) is 0 Å². The second-order valence-corrected chi connectivity index (χ2v) is 6.54. The number of ether oxygens (including phenoxy) is 1. The second-order valence-electron chi connectivity index (χ2n) is 4.84. The third-order valence-electron chi connectivity index (χ3n) is 3.32. The van der Waals surface area contributed by atoms with E-state index in [4.69, 9.17) is 4.74 Å². The molecule has 0 heterocycles. The molecular weight excluding hydrogens is 368 g/mol. The van der Waals surface area contributed by atoms with E-state index in [0.717, 1.165) is 20.4 Å². The number of rotatable bonds is 2. The maximum atomic E-state index is 6.02. The van der Waals surface area contributed by atoms with Gasteiger partial charge >= 0.3 is 0 Å². The van der Waals surface area contributed by atoms with Crippen LogP contribution in [-0.2, 0) is 0 Å². The normalized spacial score (nSPS) is 10.6. The van der Waals surface area contributed by atoms with Gasteiger partial charge in [0.05, 0.1) is 8.95 Å². The zero-order valence-electron chi connectivity index (χ0n) is 11.5. The van der Waals surface area contributed by atoms with Gasteiger partial charge in [-0.15, -0.1) is 0 Å². The third-order valence-corrected chi connectivity index (χ3v) is 4.56. The zero-order chi connectivity index (χ0) is 14.2. The molecule has 3 heteroatoms. The first-order chi connectivity index (χ1) is 8.88. The fourth-order valence-corrected chi connectivity index (χ4v) is 2.86. The third kappa shape index (κ3) is 3.21. The lowest BCUT2D eigenvalue weighted by atomic mass is 10.1. The van der Waals surface area contributed by atoms with Crippen molar-refractivity contribution in [2.24, 2.45) is 0 Å². The minimum atomic E-state index is 0.840. The lowest BCUT2D eigenvalue weighted by Crippen LogP contribution is -1.92. The molecule has 0 fully saturated rings. The fourth-order valence-electron chi connectivity index (χ4n) is 1.78. The van der Waals surface area contributed by atoms with Gasteiger partial charge in [0.15, 0.2) is 0 Å². The molecule has 0 aliphatic heterocycles. The van der Waals surface area contributed by atoms with Gasteiger partial charge in [-0.2, -0.15) is 0 Å². The summed E-state index contributed by atoms with van der Waals surface area (Å²) >= 11 is 7.11. The highest BCUT2D eigenvalue weighted by Crippen LogP contribution is 2.36. The molecule has 0 aliphatic carbocycles. The van der Waals surface area contributed by atoms with Gasteiger partial charge in [0, 0.05) is 0 Å². The molecule has 2 aromatic rings. The Kier molecular flexibility index (Phi) is 4.36. The molecule has 0 radical (unpaired) electrons. The molecule has 0 bridgehead atoms. The number of benzene rings is 2. The van der Waals surface area contributed by atoms with Gasteiger partial charge in [0.2, 0.25) is 0 Å². The maximum Gasteiger partial charge on any atom is 0.141 e. The first-order valence-electron chi connectivity index (χ1n) is 6.10. The van der Waals surface area contributed by atoms with Crippen molar-refractivity contribution in [1.82, 2.24) is 0 Å². The van der Waals surface area contributed by atoms with Gasteiger partial charge in [-0.25, -0.2) is 0 Å². The molecule has 100 valence electrons. The summed E-state index contributed by atoms with van der Waals surface area (Å²) < 4.78 is 7.96. The van der Waals surface area contributed by atoms with Crippen LogP contribution in [0.2, 0.25) is 0 Å². The molecule has 0 unspecified atom stereocenters. The minimum Gasteiger partial charge on any atom is -0.455 e. The van der Waals surface area contributed by atoms with E-state index in [2.05, 4.69) is 83.8 Å². The van der Waals surface area contributed by atoms with Crippen LogP contribution in [0.4, 0.5) is 0 Å². The largest absolute Gasteiger partial charge is 0.455 e. The summed E-state index contributed by atoms with van der Waals surface area (Å²) in [6.07, 6.45) is 0. The molecule has 0 atom stereocenters. The van der Waals surface area contributed by atoms with Gasteiger partial charge in [-0.3, -0.25) is 0 Å². The van der Waals surface area contributed by atoms with Gasteiger partial charge in [0.1, 0.15) is 11.5 Å². The Bertz CT molecular complexity index is 578. The van der Waals surface area contributed by atoms with Crippen molar-refractivity contribution in [3.8, 4) is 11.5 Å². The van der Waals surface area contributed by atoms with Crippen LogP contribution in [0.15, 0.2) is 33.2 Å². The van der Waals surface area contributed by atoms with Crippen molar-refractivity contribution in [3.63, 3.8) is 0 Å². The van der Waals surface area contributed by atoms with Crippen LogP contribution < -0.4 is 4.74 Å². The van der Waals surface area contributed by atoms with E-state index in [1.165, 1.54) is 22.3 Å². The van der Waals surface area contributed by atoms with Crippen molar-refractivity contribution in [2.45, 2.75) is 27.7 Å². The summed E-state index contributed by atoms with van der Waals surface area (Å²) in [6.45, 7) is 8.36. The van der Waals surface area contributed by atoms with E-state index in [-0.39, 0.29) is 0 Å². The van der Waals surface area contributed by atoms with Crippen LogP contribution in [0.3, 0.4) is 0 Å². The summed E-state index contributed by atoms with van der Waals surface area (Å²) in [7, 11) is 0. The Hall–Kier alpha value is -0.800. The van der Waals surface area contributed by atoms with E-state index in [0.29, 0.717) is 0 Å². The van der Waals surface area contributed by atoms with Crippen molar-refractivity contribution in [3.05, 3.63) is 55.5 Å². The van der Waals surface area contributed by atoms with Crippen molar-refractivity contribution in [1.29, 1.82) is 0 Å². The summed E-state index contributed by atoms with van der Waals surface area (Å²) in [5.74, 6) is 1.68. The molecule has 0 amide bonds. The first-order valence-corrected chi connectivity index (χ1v) is 7.68. The van der Waals surface area contributed by atoms with Gasteiger partial charge in [-0.1, -0.05) is 0 Å². The van der Waals surface area contributed by atoms with Crippen molar-refractivity contribution < 1.29 is 4.74 Å². The molecule has 0 saturated heterocycles. The van der Waals surface area contributed by atoms with E-state index in [1.807, 2.05) is 0 Å². The topological polar surface area (TPSA) is 9.23 Å². The van der Waals surface area contributed by atoms with Gasteiger partial charge < -0.3 is 4.74 Å². The highest BCUT2D eigenvalue weighted by atomic mass is 79.9. The van der Waals surface area contributed by atoms with E-state index >= 15 is 0 Å². The molecule has 19 heavy (non-hydrogen) atoms. The molecule has 1 nitrogen and oxygen atoms in total. The fraction of sp³-hybridized carbons (Fsp3) is 0.250. The Morgan fingerprint density at radius 3 is 1.32 bits per heavy atom. The SMILES string of the molecule is Cc1cc(Br)c(Oc2cc(C)c(C)cc2Br)cc1C. The van der Waals surface area contributed by atoms with Crippen molar-refractivity contribution >= 4 is 31.9 Å². The maximum absolute atomic E-state index is 6.02. The van der Waals surface area contributed by atoms with Crippen LogP contribution in [0.25, 0.3) is 0 Å². The Morgan fingerprint density at radius 1 is 0.632 bits per heavy atom. The number of hydrogen-bond acceptors (Lipinski definition) is 1. The van der Waals surface area contributed by atoms with Crippen LogP contribution in [-0.4, -0.2) is 0 Å². The number of halogens is 2. The molecule has 2 rings (SSSR count). The zero-order valence-corrected chi connectivity index (χ0v) is 14.6. The van der Waals surface area contributed by atoms with Crippen molar-refractivity contribution in [2.75, 3.05) is 0 Å². The predicted octanol–water partition coefficient (Wildman–Crippen LogP) is 6.24. The molecule has 0 N–H and O–H groups in total. The Labute approximate surface area is 131 Å². The second kappa shape index (κ2) is 5.68. The smallest absolute Gasteiger partial charge is 0.141 e. The first kappa shape index (κ1) is 14.6. The Balaban J connectivity index is 2.42. The quantitative estimate of drug-likeness (QED) is 0.596. The van der Waals surface area contributed by atoms with Crippen LogP contribution in [0.5, 0.6) is 11.5 Å². The predicted molar refractivity (Wildman–Crippen MR) is 87.3 cm³/mol. The van der Waals surface area contributed by atoms with Crippen LogP contribution >= 0.6 is 31.9 Å². The van der Waals surface area contributed by atoms with E-state index in [1.54, 1.807) is 0 Å². The Morgan fingerprint density at radius 2 is 0.947 bits per heavy atom. The van der Waals surface area contributed by atoms with Gasteiger partial charge in [0.25, 0.3) is 0 Å². The summed E-state index contributed by atoms with van der Waals surface area (Å²) in [4.78, 5) is 0.